The fourth-order valence-corrected chi connectivity index (χ4v) is 4.26. The van der Waals surface area contributed by atoms with E-state index in [9.17, 15) is 0 Å². The Bertz CT molecular complexity index is 1430. The summed E-state index contributed by atoms with van der Waals surface area (Å²) in [4.78, 5) is 22.5. The summed E-state index contributed by atoms with van der Waals surface area (Å²) in [6.07, 6.45) is 12.0. The largest absolute Gasteiger partial charge is 0.365 e. The lowest BCUT2D eigenvalue weighted by Gasteiger charge is -2.15. The highest BCUT2D eigenvalue weighted by Crippen LogP contribution is 2.27. The van der Waals surface area contributed by atoms with E-state index in [1.54, 1.807) is 24.8 Å². The highest BCUT2D eigenvalue weighted by Gasteiger charge is 2.17. The molecule has 0 bridgehead atoms. The first-order chi connectivity index (χ1) is 17.3. The van der Waals surface area contributed by atoms with Gasteiger partial charge in [-0.1, -0.05) is 12.1 Å². The van der Waals surface area contributed by atoms with E-state index in [1.165, 1.54) is 5.56 Å². The lowest BCUT2D eigenvalue weighted by Crippen LogP contribution is -2.23. The van der Waals surface area contributed by atoms with Crippen LogP contribution in [0.5, 0.6) is 0 Å². The normalized spacial score (nSPS) is 15.4. The van der Waals surface area contributed by atoms with Crippen LogP contribution in [-0.2, 0) is 6.54 Å². The maximum absolute atomic E-state index is 4.89. The van der Waals surface area contributed by atoms with Crippen LogP contribution >= 0.6 is 0 Å². The van der Waals surface area contributed by atoms with Crippen molar-refractivity contribution in [1.82, 2.24) is 34.8 Å². The van der Waals surface area contributed by atoms with Gasteiger partial charge in [-0.15, -0.1) is 0 Å². The summed E-state index contributed by atoms with van der Waals surface area (Å²) in [5.41, 5.74) is 3.86. The summed E-state index contributed by atoms with van der Waals surface area (Å²) in [6, 6.07) is 14.5. The average Bonchev–Trinajstić information content (AvgIpc) is 3.60. The third-order valence-electron chi connectivity index (χ3n) is 6.07. The number of imidazole rings is 1. The Morgan fingerprint density at radius 2 is 1.94 bits per heavy atom. The summed E-state index contributed by atoms with van der Waals surface area (Å²) in [7, 11) is 0. The number of fused-ring (bicyclic) bond motifs is 1. The number of nitrogens with one attached hydrogen (secondary N) is 3. The summed E-state index contributed by atoms with van der Waals surface area (Å²) in [5.74, 6) is 2.20. The lowest BCUT2D eigenvalue weighted by atomic mass is 10.2. The van der Waals surface area contributed by atoms with E-state index in [-0.39, 0.29) is 0 Å². The highest BCUT2D eigenvalue weighted by molar-refractivity contribution is 5.90. The van der Waals surface area contributed by atoms with E-state index in [2.05, 4.69) is 55.2 Å². The molecule has 9 heteroatoms. The Balaban J connectivity index is 1.25. The van der Waals surface area contributed by atoms with E-state index in [1.807, 2.05) is 35.3 Å². The van der Waals surface area contributed by atoms with E-state index < -0.39 is 0 Å². The SMILES string of the molecule is c1cc2c(N[C@@H]3CCNC3)nc(-c3ccnc(Nc4ccc(Cn5ccnc5)cc4)c3)nc2cn1. The van der Waals surface area contributed by atoms with Gasteiger partial charge < -0.3 is 20.5 Å². The van der Waals surface area contributed by atoms with Gasteiger partial charge in [-0.2, -0.15) is 0 Å². The standard InChI is InChI=1S/C26H25N9/c1-3-20(4-2-18(1)16-35-12-11-29-17-35)31-24-13-19(5-10-30-24)25-33-23-15-28-9-7-22(23)26(34-25)32-21-6-8-27-14-21/h1-5,7,9-13,15,17,21,27H,6,8,14,16H2,(H,30,31)(H,32,33,34)/t21-/m1/s1. The zero-order chi connectivity index (χ0) is 23.5. The van der Waals surface area contributed by atoms with E-state index in [0.29, 0.717) is 11.9 Å². The first kappa shape index (κ1) is 21.2. The summed E-state index contributed by atoms with van der Waals surface area (Å²) < 4.78 is 2.04. The van der Waals surface area contributed by atoms with Crippen molar-refractivity contribution in [2.45, 2.75) is 19.0 Å². The van der Waals surface area contributed by atoms with Crippen LogP contribution in [0.15, 0.2) is 79.8 Å². The molecule has 0 saturated carbocycles. The van der Waals surface area contributed by atoms with Crippen LogP contribution in [0.25, 0.3) is 22.3 Å². The summed E-state index contributed by atoms with van der Waals surface area (Å²) >= 11 is 0. The van der Waals surface area contributed by atoms with Crippen LogP contribution in [0.3, 0.4) is 0 Å². The third-order valence-corrected chi connectivity index (χ3v) is 6.07. The van der Waals surface area contributed by atoms with Gasteiger partial charge in [-0.25, -0.2) is 19.9 Å². The number of hydrogen-bond donors (Lipinski definition) is 3. The molecule has 0 unspecified atom stereocenters. The zero-order valence-electron chi connectivity index (χ0n) is 19.1. The van der Waals surface area contributed by atoms with E-state index in [4.69, 9.17) is 9.97 Å². The molecular formula is C26H25N9. The fourth-order valence-electron chi connectivity index (χ4n) is 4.26. The molecule has 9 nitrogen and oxygen atoms in total. The Hall–Kier alpha value is -4.37. The Morgan fingerprint density at radius 3 is 2.77 bits per heavy atom. The molecule has 5 aromatic rings. The van der Waals surface area contributed by atoms with Crippen molar-refractivity contribution < 1.29 is 0 Å². The molecule has 6 rings (SSSR count). The van der Waals surface area contributed by atoms with Crippen LogP contribution < -0.4 is 16.0 Å². The van der Waals surface area contributed by atoms with Crippen LogP contribution in [0.1, 0.15) is 12.0 Å². The maximum atomic E-state index is 4.89. The molecule has 35 heavy (non-hydrogen) atoms. The molecule has 5 heterocycles. The topological polar surface area (TPSA) is 105 Å². The molecule has 0 amide bonds. The Kier molecular flexibility index (Phi) is 5.73. The minimum absolute atomic E-state index is 0.348. The van der Waals surface area contributed by atoms with Gasteiger partial charge in [0.1, 0.15) is 11.6 Å². The smallest absolute Gasteiger partial charge is 0.162 e. The van der Waals surface area contributed by atoms with Crippen molar-refractivity contribution in [3.05, 3.63) is 85.3 Å². The predicted molar refractivity (Wildman–Crippen MR) is 137 cm³/mol. The van der Waals surface area contributed by atoms with Crippen molar-refractivity contribution in [3.8, 4) is 11.4 Å². The van der Waals surface area contributed by atoms with Crippen LogP contribution in [0, 0.1) is 0 Å². The van der Waals surface area contributed by atoms with Gasteiger partial charge in [0.15, 0.2) is 5.82 Å². The first-order valence-electron chi connectivity index (χ1n) is 11.7. The molecule has 0 aliphatic carbocycles. The second-order valence-corrected chi connectivity index (χ2v) is 8.61. The molecule has 1 atom stereocenters. The van der Waals surface area contributed by atoms with Crippen molar-refractivity contribution in [2.75, 3.05) is 23.7 Å². The second kappa shape index (κ2) is 9.47. The Morgan fingerprint density at radius 1 is 1.00 bits per heavy atom. The summed E-state index contributed by atoms with van der Waals surface area (Å²) in [5, 5.41) is 11.3. The molecule has 1 aliphatic heterocycles. The predicted octanol–water partition coefficient (Wildman–Crippen LogP) is 3.85. The zero-order valence-corrected chi connectivity index (χ0v) is 19.1. The molecule has 1 aromatic carbocycles. The van der Waals surface area contributed by atoms with Gasteiger partial charge in [0.25, 0.3) is 0 Å². The van der Waals surface area contributed by atoms with Crippen molar-refractivity contribution in [1.29, 1.82) is 0 Å². The number of pyridine rings is 2. The van der Waals surface area contributed by atoms with E-state index >= 15 is 0 Å². The summed E-state index contributed by atoms with van der Waals surface area (Å²) in [6.45, 7) is 2.73. The van der Waals surface area contributed by atoms with Gasteiger partial charge in [0, 0.05) is 60.6 Å². The average molecular weight is 464 g/mol. The quantitative estimate of drug-likeness (QED) is 0.334. The van der Waals surface area contributed by atoms with Crippen LogP contribution in [0.2, 0.25) is 0 Å². The molecule has 4 aromatic heterocycles. The first-order valence-corrected chi connectivity index (χ1v) is 11.7. The van der Waals surface area contributed by atoms with Crippen molar-refractivity contribution in [3.63, 3.8) is 0 Å². The molecule has 0 radical (unpaired) electrons. The lowest BCUT2D eigenvalue weighted by molar-refractivity contribution is 0.789. The molecule has 174 valence electrons. The number of aromatic nitrogens is 6. The molecule has 1 saturated heterocycles. The van der Waals surface area contributed by atoms with Crippen molar-refractivity contribution in [2.24, 2.45) is 0 Å². The van der Waals surface area contributed by atoms with Crippen LogP contribution in [-0.4, -0.2) is 48.6 Å². The third kappa shape index (κ3) is 4.80. The molecule has 1 fully saturated rings. The van der Waals surface area contributed by atoms with Gasteiger partial charge in [0.2, 0.25) is 0 Å². The molecule has 0 spiro atoms. The number of rotatable bonds is 7. The van der Waals surface area contributed by atoms with Gasteiger partial charge in [0.05, 0.1) is 18.0 Å². The number of hydrogen-bond acceptors (Lipinski definition) is 8. The Labute approximate surface area is 202 Å². The van der Waals surface area contributed by atoms with Gasteiger partial charge in [-0.05, 0) is 48.9 Å². The fraction of sp³-hybridized carbons (Fsp3) is 0.192. The minimum Gasteiger partial charge on any atom is -0.365 e. The maximum Gasteiger partial charge on any atom is 0.162 e. The minimum atomic E-state index is 0.348. The molecule has 3 N–H and O–H groups in total. The van der Waals surface area contributed by atoms with Crippen molar-refractivity contribution >= 4 is 28.2 Å². The molecular weight excluding hydrogens is 438 g/mol. The highest BCUT2D eigenvalue weighted by atomic mass is 15.1. The van der Waals surface area contributed by atoms with E-state index in [0.717, 1.165) is 59.8 Å². The molecule has 1 aliphatic rings. The second-order valence-electron chi connectivity index (χ2n) is 8.61. The van der Waals surface area contributed by atoms with Gasteiger partial charge in [-0.3, -0.25) is 4.98 Å². The number of benzene rings is 1. The number of nitrogens with zero attached hydrogens (tertiary/aromatic N) is 6. The monoisotopic (exact) mass is 463 g/mol. The van der Waals surface area contributed by atoms with Gasteiger partial charge >= 0.3 is 0 Å². The van der Waals surface area contributed by atoms with Crippen LogP contribution in [0.4, 0.5) is 17.3 Å². The number of anilines is 3.